The lowest BCUT2D eigenvalue weighted by Crippen LogP contribution is -2.08. The highest BCUT2D eigenvalue weighted by atomic mass is 16.9. The molecule has 0 saturated heterocycles. The van der Waals surface area contributed by atoms with Crippen molar-refractivity contribution in [2.45, 2.75) is 19.4 Å². The maximum Gasteiger partial charge on any atom is 0.291 e. The lowest BCUT2D eigenvalue weighted by molar-refractivity contribution is -0.742. The zero-order chi connectivity index (χ0) is 10.1. The zero-order valence-electron chi connectivity index (χ0n) is 6.41. The van der Waals surface area contributed by atoms with E-state index in [0.29, 0.717) is 0 Å². The Kier molecular flexibility index (Phi) is 8.41. The van der Waals surface area contributed by atoms with E-state index in [0.717, 1.165) is 0 Å². The summed E-state index contributed by atoms with van der Waals surface area (Å²) in [4.78, 5) is 17.5. The van der Waals surface area contributed by atoms with E-state index >= 15 is 0 Å². The van der Waals surface area contributed by atoms with E-state index in [1.807, 2.05) is 0 Å². The molecule has 0 aromatic heterocycles. The molecule has 0 aliphatic heterocycles. The molecule has 12 heavy (non-hydrogen) atoms. The Bertz CT molecular complexity index is 142. The van der Waals surface area contributed by atoms with Crippen molar-refractivity contribution in [3.63, 3.8) is 0 Å². The average Bonchev–Trinajstić information content (AvgIpc) is 1.82. The smallest absolute Gasteiger partial charge is 0.291 e. The van der Waals surface area contributed by atoms with Crippen LogP contribution in [0.4, 0.5) is 0 Å². The quantitative estimate of drug-likeness (QED) is 0.455. The van der Waals surface area contributed by atoms with Gasteiger partial charge < -0.3 is 10.3 Å². The number of aliphatic hydroxyl groups is 1. The molecule has 0 amide bonds. The predicted octanol–water partition coefficient (Wildman–Crippen LogP) is -0.314. The van der Waals surface area contributed by atoms with E-state index in [1.165, 1.54) is 6.92 Å². The molecule has 8 heteroatoms. The third-order valence-corrected chi connectivity index (χ3v) is 0.729. The Morgan fingerprint density at radius 1 is 1.42 bits per heavy atom. The van der Waals surface area contributed by atoms with Gasteiger partial charge in [-0.3, -0.25) is 10.1 Å². The summed E-state index contributed by atoms with van der Waals surface area (Å²) in [5.41, 5.74) is 0. The second kappa shape index (κ2) is 7.66. The van der Waals surface area contributed by atoms with Crippen molar-refractivity contribution in [3.05, 3.63) is 20.2 Å². The SMILES string of the molecule is C[C@@H](O)CC[N+](=O)[O-].O=[N+]([O-])O. The minimum atomic E-state index is -1.50. The lowest BCUT2D eigenvalue weighted by atomic mass is 10.3. The highest BCUT2D eigenvalue weighted by molar-refractivity contribution is 4.42. The maximum absolute atomic E-state index is 9.60. The van der Waals surface area contributed by atoms with Crippen molar-refractivity contribution in [1.29, 1.82) is 0 Å². The van der Waals surface area contributed by atoms with Crippen molar-refractivity contribution in [2.75, 3.05) is 6.54 Å². The summed E-state index contributed by atoms with van der Waals surface area (Å²) in [6.45, 7) is 1.39. The summed E-state index contributed by atoms with van der Waals surface area (Å²) in [7, 11) is 0. The monoisotopic (exact) mass is 182 g/mol. The van der Waals surface area contributed by atoms with E-state index in [-0.39, 0.29) is 13.0 Å². The average molecular weight is 182 g/mol. The molecule has 0 spiro atoms. The first-order chi connectivity index (χ1) is 5.36. The van der Waals surface area contributed by atoms with Crippen LogP contribution in [0.3, 0.4) is 0 Å². The summed E-state index contributed by atoms with van der Waals surface area (Å²) in [6.07, 6.45) is -0.312. The fourth-order valence-corrected chi connectivity index (χ4v) is 0.292. The van der Waals surface area contributed by atoms with Crippen LogP contribution in [0.25, 0.3) is 0 Å². The fraction of sp³-hybridized carbons (Fsp3) is 1.00. The molecule has 1 atom stereocenters. The fourth-order valence-electron chi connectivity index (χ4n) is 0.292. The van der Waals surface area contributed by atoms with Crippen molar-refractivity contribution in [3.8, 4) is 0 Å². The van der Waals surface area contributed by atoms with Gasteiger partial charge in [0.2, 0.25) is 6.54 Å². The molecule has 0 aliphatic rings. The second-order valence-electron chi connectivity index (χ2n) is 1.93. The molecule has 0 aliphatic carbocycles. The van der Waals surface area contributed by atoms with E-state index < -0.39 is 16.1 Å². The summed E-state index contributed by atoms with van der Waals surface area (Å²) < 4.78 is 0. The van der Waals surface area contributed by atoms with Crippen LogP contribution >= 0.6 is 0 Å². The third kappa shape index (κ3) is 38.6. The standard InChI is InChI=1S/C4H9NO3.HNO3/c1-4(6)2-3-5(7)8;2-1(3)4/h4,6H,2-3H2,1H3;(H,2,3,4)/t4-;/m1./s1. The number of rotatable bonds is 3. The van der Waals surface area contributed by atoms with Crippen LogP contribution in [0.5, 0.6) is 0 Å². The summed E-state index contributed by atoms with van der Waals surface area (Å²) >= 11 is 0. The minimum absolute atomic E-state index is 0.141. The first-order valence-electron chi connectivity index (χ1n) is 2.99. The lowest BCUT2D eigenvalue weighted by Gasteiger charge is -1.95. The molecule has 0 heterocycles. The Labute approximate surface area is 67.7 Å². The molecule has 0 rings (SSSR count). The number of nitrogens with zero attached hydrogens (tertiary/aromatic N) is 2. The highest BCUT2D eigenvalue weighted by Gasteiger charge is 2.00. The van der Waals surface area contributed by atoms with Gasteiger partial charge in [-0.05, 0) is 6.92 Å². The molecular formula is C4H10N2O6. The number of hydrogen-bond donors (Lipinski definition) is 2. The Morgan fingerprint density at radius 2 is 1.75 bits per heavy atom. The van der Waals surface area contributed by atoms with Crippen molar-refractivity contribution in [2.24, 2.45) is 0 Å². The largest absolute Gasteiger partial charge is 0.393 e. The zero-order valence-corrected chi connectivity index (χ0v) is 6.41. The van der Waals surface area contributed by atoms with Crippen LogP contribution in [0.1, 0.15) is 13.3 Å². The van der Waals surface area contributed by atoms with E-state index in [2.05, 4.69) is 0 Å². The molecule has 0 saturated carbocycles. The molecule has 72 valence electrons. The predicted molar refractivity (Wildman–Crippen MR) is 36.9 cm³/mol. The van der Waals surface area contributed by atoms with Gasteiger partial charge in [0.15, 0.2) is 0 Å². The van der Waals surface area contributed by atoms with Gasteiger partial charge in [-0.25, -0.2) is 0 Å². The highest BCUT2D eigenvalue weighted by Crippen LogP contribution is 1.87. The topological polar surface area (TPSA) is 127 Å². The number of aliphatic hydroxyl groups excluding tert-OH is 1. The molecular weight excluding hydrogens is 172 g/mol. The van der Waals surface area contributed by atoms with E-state index in [1.54, 1.807) is 0 Å². The molecule has 0 fully saturated rings. The molecule has 0 aromatic rings. The van der Waals surface area contributed by atoms with Gasteiger partial charge in [0.05, 0.1) is 6.10 Å². The van der Waals surface area contributed by atoms with E-state index in [4.69, 9.17) is 20.4 Å². The first kappa shape index (κ1) is 13.2. The van der Waals surface area contributed by atoms with Gasteiger partial charge >= 0.3 is 0 Å². The van der Waals surface area contributed by atoms with Gasteiger partial charge in [0, 0.05) is 11.3 Å². The Morgan fingerprint density at radius 3 is 1.83 bits per heavy atom. The van der Waals surface area contributed by atoms with Crippen molar-refractivity contribution in [1.82, 2.24) is 0 Å². The molecule has 8 nitrogen and oxygen atoms in total. The maximum atomic E-state index is 9.60. The number of hydrogen-bond acceptors (Lipinski definition) is 5. The van der Waals surface area contributed by atoms with Crippen LogP contribution in [0.15, 0.2) is 0 Å². The third-order valence-electron chi connectivity index (χ3n) is 0.729. The molecule has 0 radical (unpaired) electrons. The Hall–Kier alpha value is -1.44. The van der Waals surface area contributed by atoms with Crippen LogP contribution in [0, 0.1) is 20.2 Å². The van der Waals surface area contributed by atoms with Gasteiger partial charge in [0.25, 0.3) is 5.09 Å². The van der Waals surface area contributed by atoms with Gasteiger partial charge in [0.1, 0.15) is 0 Å². The molecule has 0 unspecified atom stereocenters. The minimum Gasteiger partial charge on any atom is -0.393 e. The number of nitro groups is 1. The van der Waals surface area contributed by atoms with Crippen molar-refractivity contribution < 1.29 is 20.3 Å². The van der Waals surface area contributed by atoms with Crippen LogP contribution < -0.4 is 0 Å². The van der Waals surface area contributed by atoms with Gasteiger partial charge in [-0.15, -0.1) is 10.1 Å². The second-order valence-corrected chi connectivity index (χ2v) is 1.93. The van der Waals surface area contributed by atoms with Gasteiger partial charge in [-0.1, -0.05) is 0 Å². The van der Waals surface area contributed by atoms with Crippen LogP contribution in [-0.4, -0.2) is 33.0 Å². The van der Waals surface area contributed by atoms with Gasteiger partial charge in [-0.2, -0.15) is 0 Å². The summed E-state index contributed by atoms with van der Waals surface area (Å²) in [6, 6.07) is 0. The normalized spacial score (nSPS) is 10.8. The molecule has 0 aromatic carbocycles. The van der Waals surface area contributed by atoms with E-state index in [9.17, 15) is 10.1 Å². The summed E-state index contributed by atoms with van der Waals surface area (Å²) in [5, 5.41) is 31.7. The van der Waals surface area contributed by atoms with Crippen molar-refractivity contribution >= 4 is 0 Å². The van der Waals surface area contributed by atoms with Crippen LogP contribution in [-0.2, 0) is 0 Å². The molecule has 2 N–H and O–H groups in total. The molecule has 0 bridgehead atoms. The first-order valence-corrected chi connectivity index (χ1v) is 2.99. The Balaban J connectivity index is 0. The van der Waals surface area contributed by atoms with Crippen LogP contribution in [0.2, 0.25) is 0 Å². The summed E-state index contributed by atoms with van der Waals surface area (Å²) in [5.74, 6) is 0.